The topological polar surface area (TPSA) is 446 Å². The maximum Gasteiger partial charge on any atom is 0.326 e. The maximum absolute atomic E-state index is 13.3. The second-order valence-electron chi connectivity index (χ2n) is 12.6. The third kappa shape index (κ3) is 20.9. The van der Waals surface area contributed by atoms with Crippen molar-refractivity contribution >= 4 is 65.2 Å². The van der Waals surface area contributed by atoms with Gasteiger partial charge < -0.3 is 80.0 Å². The highest BCUT2D eigenvalue weighted by molar-refractivity contribution is 5.97. The number of carboxylic acid groups (broad SMARTS) is 2. The first kappa shape index (κ1) is 50.8. The van der Waals surface area contributed by atoms with E-state index in [0.717, 1.165) is 20.8 Å². The molecule has 0 radical (unpaired) electrons. The smallest absolute Gasteiger partial charge is 0.326 e. The number of hydrogen-bond donors (Lipinski definition) is 15. The molecule has 0 heterocycles. The average Bonchev–Trinajstić information content (AvgIpc) is 3.10. The van der Waals surface area contributed by atoms with Crippen molar-refractivity contribution < 1.29 is 73.5 Å². The molecule has 0 aromatic heterocycles. The van der Waals surface area contributed by atoms with E-state index in [-0.39, 0.29) is 25.3 Å². The minimum Gasteiger partial charge on any atom is -0.481 e. The molecule has 0 aromatic rings. The fraction of sp³-hybridized carbons (Fsp3) is 0.645. The summed E-state index contributed by atoms with van der Waals surface area (Å²) < 4.78 is 0. The van der Waals surface area contributed by atoms with Crippen LogP contribution in [0.4, 0.5) is 0 Å². The zero-order valence-electron chi connectivity index (χ0n) is 31.5. The van der Waals surface area contributed by atoms with Gasteiger partial charge in [-0.05, 0) is 39.5 Å². The monoisotopic (exact) mass is 819 g/mol. The lowest BCUT2D eigenvalue weighted by atomic mass is 10.1. The molecule has 322 valence electrons. The summed E-state index contributed by atoms with van der Waals surface area (Å²) in [4.78, 5) is 127. The number of aliphatic hydroxyl groups is 3. The van der Waals surface area contributed by atoms with E-state index in [1.54, 1.807) is 0 Å². The van der Waals surface area contributed by atoms with E-state index >= 15 is 0 Å². The molecule has 0 aromatic carbocycles. The van der Waals surface area contributed by atoms with E-state index < -0.39 is 146 Å². The summed E-state index contributed by atoms with van der Waals surface area (Å²) in [5, 5.41) is 63.4. The second kappa shape index (κ2) is 25.8. The number of carbonyl (C=O) groups is 10. The van der Waals surface area contributed by atoms with Gasteiger partial charge in [0.2, 0.25) is 47.3 Å². The van der Waals surface area contributed by atoms with Gasteiger partial charge in [-0.2, -0.15) is 0 Å². The van der Waals surface area contributed by atoms with Crippen LogP contribution in [0.2, 0.25) is 0 Å². The summed E-state index contributed by atoms with van der Waals surface area (Å²) in [7, 11) is 0. The normalized spacial score (nSPS) is 14.9. The number of nitrogens with two attached hydrogens (primary N) is 3. The van der Waals surface area contributed by atoms with Gasteiger partial charge in [0.05, 0.1) is 25.4 Å². The largest absolute Gasteiger partial charge is 0.481 e. The van der Waals surface area contributed by atoms with Gasteiger partial charge in [0, 0.05) is 26.3 Å². The third-order valence-electron chi connectivity index (χ3n) is 7.60. The Morgan fingerprint density at radius 2 is 1.11 bits per heavy atom. The Hall–Kier alpha value is -6.15. The molecule has 26 heteroatoms. The molecular formula is C31H53N11O15. The molecule has 0 spiro atoms. The van der Waals surface area contributed by atoms with Crippen LogP contribution >= 0.6 is 0 Å². The van der Waals surface area contributed by atoms with Crippen molar-refractivity contribution in [2.75, 3.05) is 19.7 Å². The number of carboxylic acids is 2. The fourth-order valence-electron chi connectivity index (χ4n) is 4.67. The average molecular weight is 820 g/mol. The number of hydrogen-bond acceptors (Lipinski definition) is 14. The second-order valence-corrected chi connectivity index (χ2v) is 12.6. The lowest BCUT2D eigenvalue weighted by Gasteiger charge is -2.27. The summed E-state index contributed by atoms with van der Waals surface area (Å²) in [5.74, 6) is -11.4. The molecule has 0 fully saturated rings. The quantitative estimate of drug-likeness (QED) is 0.0208. The first-order valence-electron chi connectivity index (χ1n) is 17.3. The Bertz CT molecular complexity index is 1490. The first-order chi connectivity index (χ1) is 26.5. The van der Waals surface area contributed by atoms with Gasteiger partial charge in [-0.25, -0.2) is 4.79 Å². The summed E-state index contributed by atoms with van der Waals surface area (Å²) in [6, 6.07) is -9.91. The molecular weight excluding hydrogens is 766 g/mol. The molecule has 26 nitrogen and oxygen atoms in total. The number of nitrogens with zero attached hydrogens (tertiary/aromatic N) is 1. The number of guanidine groups is 1. The Morgan fingerprint density at radius 3 is 1.58 bits per heavy atom. The van der Waals surface area contributed by atoms with Crippen LogP contribution in [-0.4, -0.2) is 159 Å². The molecule has 18 N–H and O–H groups in total. The van der Waals surface area contributed by atoms with E-state index in [9.17, 15) is 68.4 Å². The summed E-state index contributed by atoms with van der Waals surface area (Å²) in [6.45, 7) is 1.59. The number of nitrogens with one attached hydrogen (secondary N) is 7. The number of rotatable bonds is 27. The summed E-state index contributed by atoms with van der Waals surface area (Å²) in [6.07, 6.45) is -5.53. The Kier molecular flexibility index (Phi) is 23.1. The number of aliphatic imine (C=N–C) groups is 1. The van der Waals surface area contributed by atoms with E-state index in [1.165, 1.54) is 0 Å². The number of amides is 8. The van der Waals surface area contributed by atoms with Crippen LogP contribution in [0.1, 0.15) is 59.3 Å². The zero-order valence-corrected chi connectivity index (χ0v) is 31.5. The van der Waals surface area contributed by atoms with Crippen LogP contribution in [0.25, 0.3) is 0 Å². The van der Waals surface area contributed by atoms with Gasteiger partial charge in [-0.3, -0.25) is 48.1 Å². The van der Waals surface area contributed by atoms with Crippen LogP contribution in [0.5, 0.6) is 0 Å². The molecule has 57 heavy (non-hydrogen) atoms. The van der Waals surface area contributed by atoms with Crippen LogP contribution in [0.3, 0.4) is 0 Å². The van der Waals surface area contributed by atoms with Crippen molar-refractivity contribution in [3.8, 4) is 0 Å². The van der Waals surface area contributed by atoms with Crippen LogP contribution < -0.4 is 54.4 Å². The minimum atomic E-state index is -1.87. The minimum absolute atomic E-state index is 0.0356. The predicted octanol–water partition coefficient (Wildman–Crippen LogP) is -7.95. The third-order valence-corrected chi connectivity index (χ3v) is 7.60. The van der Waals surface area contributed by atoms with Gasteiger partial charge in [0.1, 0.15) is 36.3 Å². The maximum atomic E-state index is 13.3. The molecule has 8 amide bonds. The van der Waals surface area contributed by atoms with Crippen molar-refractivity contribution in [2.45, 2.75) is 108 Å². The van der Waals surface area contributed by atoms with E-state index in [1.807, 2.05) is 5.32 Å². The number of carbonyl (C=O) groups excluding carboxylic acids is 8. The molecule has 0 aliphatic carbocycles. The highest BCUT2D eigenvalue weighted by Gasteiger charge is 2.35. The molecule has 0 saturated heterocycles. The molecule has 0 rings (SSSR count). The number of aliphatic hydroxyl groups excluding tert-OH is 3. The van der Waals surface area contributed by atoms with Crippen molar-refractivity contribution in [1.82, 2.24) is 37.2 Å². The first-order valence-corrected chi connectivity index (χ1v) is 17.3. The number of aliphatic carboxylic acids is 2. The van der Waals surface area contributed by atoms with Crippen LogP contribution in [0, 0.1) is 0 Å². The Labute approximate surface area is 325 Å². The van der Waals surface area contributed by atoms with Crippen LogP contribution in [0.15, 0.2) is 4.99 Å². The van der Waals surface area contributed by atoms with Gasteiger partial charge in [-0.1, -0.05) is 0 Å². The van der Waals surface area contributed by atoms with E-state index in [2.05, 4.69) is 36.9 Å². The molecule has 0 bridgehead atoms. The molecule has 0 aliphatic rings. The zero-order chi connectivity index (χ0) is 44.0. The highest BCUT2D eigenvalue weighted by atomic mass is 16.4. The standard InChI is InChI=1S/C31H53N11O15/c1-13(44)23(41-21(48)11-36-25(51)16(5-4-10-35-31(33)34)38-27(53)19(12-43)37-15(3)46)28(54)39-17(6-8-20(32)47)26(52)42-24(14(2)45)29(55)40-18(30(56)57)7-9-22(49)50/h13-14,16-19,23-24,43-45H,4-12H2,1-3H3,(H2,32,47)(H,36,51)(H,37,46)(H,38,53)(H,39,54)(H,40,55)(H,41,48)(H,42,52)(H,49,50)(H,56,57)(H4,33,34,35)/t13-,14-,16+,17+,18+,19+,23+,24+/m1/s1. The predicted molar refractivity (Wildman–Crippen MR) is 194 cm³/mol. The van der Waals surface area contributed by atoms with Crippen molar-refractivity contribution in [2.24, 2.45) is 22.2 Å². The SMILES string of the molecule is CC(=O)N[C@@H](CO)C(=O)N[C@@H](CCCN=C(N)N)C(=O)NCC(=O)N[C@H](C(=O)N[C@@H](CCC(N)=O)C(=O)N[C@H](C(=O)N[C@@H](CCC(=O)O)C(=O)O)[C@@H](C)O)[C@@H](C)O. The highest BCUT2D eigenvalue weighted by Crippen LogP contribution is 2.06. The lowest BCUT2D eigenvalue weighted by Crippen LogP contribution is -2.61. The summed E-state index contributed by atoms with van der Waals surface area (Å²) >= 11 is 0. The van der Waals surface area contributed by atoms with Gasteiger partial charge in [0.15, 0.2) is 5.96 Å². The van der Waals surface area contributed by atoms with Crippen molar-refractivity contribution in [3.63, 3.8) is 0 Å². The molecule has 0 saturated carbocycles. The summed E-state index contributed by atoms with van der Waals surface area (Å²) in [5.41, 5.74) is 15.8. The van der Waals surface area contributed by atoms with Crippen molar-refractivity contribution in [1.29, 1.82) is 0 Å². The van der Waals surface area contributed by atoms with Crippen molar-refractivity contribution in [3.05, 3.63) is 0 Å². The molecule has 0 aliphatic heterocycles. The van der Waals surface area contributed by atoms with Gasteiger partial charge >= 0.3 is 11.9 Å². The fourth-order valence-corrected chi connectivity index (χ4v) is 4.67. The Balaban J connectivity index is 5.94. The van der Waals surface area contributed by atoms with Crippen LogP contribution in [-0.2, 0) is 47.9 Å². The molecule has 8 atom stereocenters. The van der Waals surface area contributed by atoms with E-state index in [0.29, 0.717) is 0 Å². The number of primary amides is 1. The van der Waals surface area contributed by atoms with E-state index in [4.69, 9.17) is 22.3 Å². The Morgan fingerprint density at radius 1 is 0.614 bits per heavy atom. The molecule has 0 unspecified atom stereocenters. The lowest BCUT2D eigenvalue weighted by molar-refractivity contribution is -0.144. The van der Waals surface area contributed by atoms with Gasteiger partial charge in [0.25, 0.3) is 0 Å². The van der Waals surface area contributed by atoms with Gasteiger partial charge in [-0.15, -0.1) is 0 Å².